The summed E-state index contributed by atoms with van der Waals surface area (Å²) in [5.41, 5.74) is 4.79. The van der Waals surface area contributed by atoms with Gasteiger partial charge in [0.25, 0.3) is 0 Å². The molecule has 27 heavy (non-hydrogen) atoms. The number of nitrogens with zero attached hydrogens (tertiary/aromatic N) is 1. The molecule has 2 heteroatoms. The van der Waals surface area contributed by atoms with Crippen LogP contribution in [-0.4, -0.2) is 4.98 Å². The minimum absolute atomic E-state index is 0.415. The molecule has 3 aromatic carbocycles. The molecule has 0 saturated heterocycles. The number of hydrogen-bond donors (Lipinski definition) is 0. The van der Waals surface area contributed by atoms with Crippen molar-refractivity contribution in [1.29, 1.82) is 0 Å². The molecule has 0 N–H and O–H groups in total. The first-order chi connectivity index (χ1) is 13.0. The summed E-state index contributed by atoms with van der Waals surface area (Å²) in [5, 5.41) is 4.42. The molecule has 4 aromatic rings. The van der Waals surface area contributed by atoms with Gasteiger partial charge in [-0.1, -0.05) is 74.8 Å². The standard InChI is InChI=1S/C25H24ClN/c1-16(2)22-14-23-24(26)11-18(12-25(23)27-15-22)10-17(3)20-9-8-19-6-4-5-7-21(19)13-20/h4-9,11-17H,10H2,1-3H3. The van der Waals surface area contributed by atoms with Crippen molar-refractivity contribution in [2.24, 2.45) is 0 Å². The Bertz CT molecular complexity index is 1110. The van der Waals surface area contributed by atoms with Crippen LogP contribution >= 0.6 is 11.6 Å². The van der Waals surface area contributed by atoms with E-state index in [1.165, 1.54) is 27.5 Å². The van der Waals surface area contributed by atoms with Gasteiger partial charge in [0.1, 0.15) is 0 Å². The highest BCUT2D eigenvalue weighted by Gasteiger charge is 2.11. The maximum Gasteiger partial charge on any atom is 0.0719 e. The van der Waals surface area contributed by atoms with E-state index in [1.807, 2.05) is 6.20 Å². The summed E-state index contributed by atoms with van der Waals surface area (Å²) in [6.45, 7) is 6.63. The number of pyridine rings is 1. The molecular formula is C25H24ClN. The number of halogens is 1. The Balaban J connectivity index is 1.64. The van der Waals surface area contributed by atoms with Crippen molar-refractivity contribution in [2.75, 3.05) is 0 Å². The van der Waals surface area contributed by atoms with E-state index in [9.17, 15) is 0 Å². The summed E-state index contributed by atoms with van der Waals surface area (Å²) in [6.07, 6.45) is 2.92. The van der Waals surface area contributed by atoms with E-state index in [1.54, 1.807) is 0 Å². The second-order valence-corrected chi connectivity index (χ2v) is 8.19. The molecule has 136 valence electrons. The molecule has 0 spiro atoms. The highest BCUT2D eigenvalue weighted by molar-refractivity contribution is 6.35. The molecule has 0 bridgehead atoms. The molecule has 0 aliphatic rings. The van der Waals surface area contributed by atoms with Gasteiger partial charge in [-0.15, -0.1) is 0 Å². The molecule has 0 radical (unpaired) electrons. The zero-order chi connectivity index (χ0) is 19.0. The number of aromatic nitrogens is 1. The van der Waals surface area contributed by atoms with Crippen molar-refractivity contribution in [1.82, 2.24) is 4.98 Å². The van der Waals surface area contributed by atoms with Crippen LogP contribution in [0.2, 0.25) is 5.02 Å². The molecule has 0 aliphatic carbocycles. The van der Waals surface area contributed by atoms with Crippen LogP contribution in [0.15, 0.2) is 66.9 Å². The van der Waals surface area contributed by atoms with Crippen molar-refractivity contribution in [3.63, 3.8) is 0 Å². The quantitative estimate of drug-likeness (QED) is 0.360. The first kappa shape index (κ1) is 18.0. The van der Waals surface area contributed by atoms with Gasteiger partial charge in [-0.05, 0) is 63.9 Å². The Kier molecular flexibility index (Phi) is 4.88. The summed E-state index contributed by atoms with van der Waals surface area (Å²) in [6, 6.07) is 21.7. The second-order valence-electron chi connectivity index (χ2n) is 7.78. The van der Waals surface area contributed by atoms with Gasteiger partial charge in [0.15, 0.2) is 0 Å². The Morgan fingerprint density at radius 3 is 2.41 bits per heavy atom. The molecule has 1 heterocycles. The fraction of sp³-hybridized carbons (Fsp3) is 0.240. The second kappa shape index (κ2) is 7.32. The van der Waals surface area contributed by atoms with Crippen LogP contribution < -0.4 is 0 Å². The van der Waals surface area contributed by atoms with Gasteiger partial charge >= 0.3 is 0 Å². The smallest absolute Gasteiger partial charge is 0.0719 e. The van der Waals surface area contributed by atoms with Crippen LogP contribution in [0.1, 0.15) is 49.3 Å². The first-order valence-corrected chi connectivity index (χ1v) is 9.96. The van der Waals surface area contributed by atoms with E-state index in [2.05, 4.69) is 86.4 Å². The molecule has 1 aromatic heterocycles. The van der Waals surface area contributed by atoms with Gasteiger partial charge in [0.05, 0.1) is 10.5 Å². The van der Waals surface area contributed by atoms with E-state index in [-0.39, 0.29) is 0 Å². The van der Waals surface area contributed by atoms with Crippen LogP contribution in [0.3, 0.4) is 0 Å². The van der Waals surface area contributed by atoms with Crippen LogP contribution in [-0.2, 0) is 6.42 Å². The Hall–Kier alpha value is -2.38. The molecule has 4 rings (SSSR count). The lowest BCUT2D eigenvalue weighted by molar-refractivity contribution is 0.761. The highest BCUT2D eigenvalue weighted by Crippen LogP contribution is 2.30. The summed E-state index contributed by atoms with van der Waals surface area (Å²) in [5.74, 6) is 0.864. The van der Waals surface area contributed by atoms with Crippen molar-refractivity contribution in [3.05, 3.63) is 88.6 Å². The Morgan fingerprint density at radius 1 is 0.852 bits per heavy atom. The molecule has 0 saturated carbocycles. The minimum Gasteiger partial charge on any atom is -0.256 e. The Labute approximate surface area is 166 Å². The minimum atomic E-state index is 0.415. The lowest BCUT2D eigenvalue weighted by Gasteiger charge is -2.15. The van der Waals surface area contributed by atoms with Crippen LogP contribution in [0.25, 0.3) is 21.7 Å². The summed E-state index contributed by atoms with van der Waals surface area (Å²) in [4.78, 5) is 4.66. The van der Waals surface area contributed by atoms with Crippen molar-refractivity contribution >= 4 is 33.3 Å². The topological polar surface area (TPSA) is 12.9 Å². The third-order valence-electron chi connectivity index (χ3n) is 5.38. The van der Waals surface area contributed by atoms with E-state index in [4.69, 9.17) is 11.6 Å². The first-order valence-electron chi connectivity index (χ1n) is 9.58. The van der Waals surface area contributed by atoms with Gasteiger partial charge in [0, 0.05) is 11.6 Å². The van der Waals surface area contributed by atoms with E-state index < -0.39 is 0 Å². The largest absolute Gasteiger partial charge is 0.256 e. The normalized spacial score (nSPS) is 12.8. The lowest BCUT2D eigenvalue weighted by atomic mass is 9.91. The van der Waals surface area contributed by atoms with Crippen LogP contribution in [0, 0.1) is 0 Å². The predicted octanol–water partition coefficient (Wildman–Crippen LogP) is 7.51. The maximum atomic E-state index is 6.61. The summed E-state index contributed by atoms with van der Waals surface area (Å²) >= 11 is 6.61. The monoisotopic (exact) mass is 373 g/mol. The zero-order valence-electron chi connectivity index (χ0n) is 16.0. The predicted molar refractivity (Wildman–Crippen MR) is 117 cm³/mol. The number of fused-ring (bicyclic) bond motifs is 2. The van der Waals surface area contributed by atoms with Crippen molar-refractivity contribution < 1.29 is 0 Å². The molecule has 0 amide bonds. The van der Waals surface area contributed by atoms with Crippen molar-refractivity contribution in [2.45, 2.75) is 39.0 Å². The average molecular weight is 374 g/mol. The molecule has 0 fully saturated rings. The summed E-state index contributed by atoms with van der Waals surface area (Å²) in [7, 11) is 0. The molecule has 1 nitrogen and oxygen atoms in total. The van der Waals surface area contributed by atoms with E-state index in [0.29, 0.717) is 11.8 Å². The van der Waals surface area contributed by atoms with Gasteiger partial charge in [-0.3, -0.25) is 4.98 Å². The highest BCUT2D eigenvalue weighted by atomic mass is 35.5. The van der Waals surface area contributed by atoms with E-state index in [0.717, 1.165) is 22.3 Å². The van der Waals surface area contributed by atoms with Crippen molar-refractivity contribution in [3.8, 4) is 0 Å². The number of hydrogen-bond acceptors (Lipinski definition) is 1. The van der Waals surface area contributed by atoms with Gasteiger partial charge in [0.2, 0.25) is 0 Å². The third-order valence-corrected chi connectivity index (χ3v) is 5.70. The average Bonchev–Trinajstić information content (AvgIpc) is 2.67. The van der Waals surface area contributed by atoms with Gasteiger partial charge in [-0.2, -0.15) is 0 Å². The van der Waals surface area contributed by atoms with Crippen LogP contribution in [0.4, 0.5) is 0 Å². The lowest BCUT2D eigenvalue weighted by Crippen LogP contribution is -1.99. The third kappa shape index (κ3) is 3.70. The number of rotatable bonds is 4. The fourth-order valence-corrected chi connectivity index (χ4v) is 3.97. The maximum absolute atomic E-state index is 6.61. The fourth-order valence-electron chi connectivity index (χ4n) is 3.67. The number of benzene rings is 3. The molecule has 1 unspecified atom stereocenters. The molecule has 1 atom stereocenters. The van der Waals surface area contributed by atoms with Gasteiger partial charge in [-0.25, -0.2) is 0 Å². The Morgan fingerprint density at radius 2 is 1.63 bits per heavy atom. The molecular weight excluding hydrogens is 350 g/mol. The zero-order valence-corrected chi connectivity index (χ0v) is 16.8. The van der Waals surface area contributed by atoms with Gasteiger partial charge < -0.3 is 0 Å². The molecule has 0 aliphatic heterocycles. The summed E-state index contributed by atoms with van der Waals surface area (Å²) < 4.78 is 0. The van der Waals surface area contributed by atoms with E-state index >= 15 is 0 Å². The SMILES string of the molecule is CC(C)c1cnc2cc(CC(C)c3ccc4ccccc4c3)cc(Cl)c2c1. The van der Waals surface area contributed by atoms with Crippen LogP contribution in [0.5, 0.6) is 0 Å².